The molecule has 0 aliphatic carbocycles. The van der Waals surface area contributed by atoms with Crippen molar-refractivity contribution in [3.63, 3.8) is 0 Å². The fourth-order valence-corrected chi connectivity index (χ4v) is 2.00. The van der Waals surface area contributed by atoms with Gasteiger partial charge in [0.15, 0.2) is 5.65 Å². The van der Waals surface area contributed by atoms with Crippen LogP contribution in [0.1, 0.15) is 5.56 Å². The van der Waals surface area contributed by atoms with Crippen LogP contribution < -0.4 is 4.90 Å². The van der Waals surface area contributed by atoms with E-state index in [1.54, 1.807) is 6.07 Å². The molecule has 0 radical (unpaired) electrons. The molecule has 5 nitrogen and oxygen atoms in total. The molecule has 5 heteroatoms. The number of aromatic nitrogens is 3. The lowest BCUT2D eigenvalue weighted by Gasteiger charge is -2.09. The van der Waals surface area contributed by atoms with Crippen LogP contribution in [0.2, 0.25) is 0 Å². The van der Waals surface area contributed by atoms with E-state index in [-0.39, 0.29) is 0 Å². The highest BCUT2D eigenvalue weighted by molar-refractivity contribution is 5.77. The number of nitrogens with zero attached hydrogens (tertiary/aromatic N) is 4. The van der Waals surface area contributed by atoms with E-state index >= 15 is 0 Å². The number of anilines is 1. The lowest BCUT2D eigenvalue weighted by molar-refractivity contribution is 1.08. The fraction of sp³-hybridized carbons (Fsp3) is 0.133. The maximum atomic E-state index is 8.95. The fourth-order valence-electron chi connectivity index (χ4n) is 2.00. The molecule has 0 atom stereocenters. The van der Waals surface area contributed by atoms with Crippen LogP contribution in [-0.2, 0) is 0 Å². The van der Waals surface area contributed by atoms with Crippen molar-refractivity contribution in [2.45, 2.75) is 0 Å². The van der Waals surface area contributed by atoms with Crippen LogP contribution in [0.25, 0.3) is 22.6 Å². The molecule has 3 aromatic rings. The molecule has 1 N–H and O–H groups in total. The summed E-state index contributed by atoms with van der Waals surface area (Å²) in [5.74, 6) is 1.59. The number of aromatic amines is 1. The van der Waals surface area contributed by atoms with Gasteiger partial charge in [0.1, 0.15) is 11.6 Å². The Kier molecular flexibility index (Phi) is 2.84. The molecule has 2 aromatic heterocycles. The molecule has 0 saturated carbocycles. The van der Waals surface area contributed by atoms with Crippen LogP contribution in [0.15, 0.2) is 36.4 Å². The van der Waals surface area contributed by atoms with Crippen molar-refractivity contribution in [2.24, 2.45) is 0 Å². The number of imidazole rings is 1. The molecule has 2 heterocycles. The van der Waals surface area contributed by atoms with Gasteiger partial charge in [-0.2, -0.15) is 5.26 Å². The molecule has 3 rings (SSSR count). The van der Waals surface area contributed by atoms with Crippen molar-refractivity contribution < 1.29 is 0 Å². The van der Waals surface area contributed by atoms with Gasteiger partial charge in [-0.05, 0) is 24.3 Å². The number of hydrogen-bond acceptors (Lipinski definition) is 4. The molecule has 0 aliphatic rings. The molecule has 0 amide bonds. The highest BCUT2D eigenvalue weighted by atomic mass is 15.1. The van der Waals surface area contributed by atoms with Crippen molar-refractivity contribution >= 4 is 17.0 Å². The number of nitrogens with one attached hydrogen (secondary N) is 1. The third-order valence-electron chi connectivity index (χ3n) is 3.05. The molecule has 0 saturated heterocycles. The average Bonchev–Trinajstić information content (AvgIpc) is 2.90. The summed E-state index contributed by atoms with van der Waals surface area (Å²) >= 11 is 0. The monoisotopic (exact) mass is 263 g/mol. The zero-order chi connectivity index (χ0) is 14.1. The first-order chi connectivity index (χ1) is 9.67. The van der Waals surface area contributed by atoms with Crippen LogP contribution in [0.4, 0.5) is 5.82 Å². The molecule has 0 aliphatic heterocycles. The molecule has 0 bridgehead atoms. The zero-order valence-corrected chi connectivity index (χ0v) is 11.3. The van der Waals surface area contributed by atoms with Crippen molar-refractivity contribution in [3.05, 3.63) is 42.0 Å². The largest absolute Gasteiger partial charge is 0.363 e. The Morgan fingerprint density at radius 3 is 2.75 bits per heavy atom. The van der Waals surface area contributed by atoms with Crippen molar-refractivity contribution in [1.82, 2.24) is 15.0 Å². The van der Waals surface area contributed by atoms with Crippen LogP contribution in [-0.4, -0.2) is 29.0 Å². The Morgan fingerprint density at radius 2 is 2.00 bits per heavy atom. The highest BCUT2D eigenvalue weighted by Gasteiger charge is 2.08. The lowest BCUT2D eigenvalue weighted by Crippen LogP contribution is -2.10. The molecule has 20 heavy (non-hydrogen) atoms. The SMILES string of the molecule is CN(C)c1ccc2[nH]c(-c3cccc(C#N)c3)nc2n1. The summed E-state index contributed by atoms with van der Waals surface area (Å²) in [6.45, 7) is 0. The second-order valence-corrected chi connectivity index (χ2v) is 4.71. The van der Waals surface area contributed by atoms with Crippen LogP contribution >= 0.6 is 0 Å². The summed E-state index contributed by atoms with van der Waals surface area (Å²) in [7, 11) is 3.89. The highest BCUT2D eigenvalue weighted by Crippen LogP contribution is 2.21. The first-order valence-corrected chi connectivity index (χ1v) is 6.22. The summed E-state index contributed by atoms with van der Waals surface area (Å²) < 4.78 is 0. The number of nitriles is 1. The topological polar surface area (TPSA) is 68.6 Å². The quantitative estimate of drug-likeness (QED) is 0.771. The van der Waals surface area contributed by atoms with Gasteiger partial charge in [-0.15, -0.1) is 0 Å². The zero-order valence-electron chi connectivity index (χ0n) is 11.3. The van der Waals surface area contributed by atoms with Gasteiger partial charge in [0.25, 0.3) is 0 Å². The molecule has 0 fully saturated rings. The summed E-state index contributed by atoms with van der Waals surface area (Å²) in [5, 5.41) is 8.95. The number of H-pyrrole nitrogens is 1. The van der Waals surface area contributed by atoms with Gasteiger partial charge < -0.3 is 9.88 Å². The van der Waals surface area contributed by atoms with E-state index in [0.29, 0.717) is 11.2 Å². The van der Waals surface area contributed by atoms with Gasteiger partial charge >= 0.3 is 0 Å². The summed E-state index contributed by atoms with van der Waals surface area (Å²) in [4.78, 5) is 14.1. The predicted octanol–water partition coefficient (Wildman–Crippen LogP) is 2.56. The van der Waals surface area contributed by atoms with Crippen LogP contribution in [0.5, 0.6) is 0 Å². The standard InChI is InChI=1S/C15H13N5/c1-20(2)13-7-6-12-15(18-13)19-14(17-12)11-5-3-4-10(8-11)9-16/h3-8H,1-2H3,(H,17,18,19). The van der Waals surface area contributed by atoms with Gasteiger partial charge in [0, 0.05) is 19.7 Å². The molecule has 0 spiro atoms. The number of rotatable bonds is 2. The second-order valence-electron chi connectivity index (χ2n) is 4.71. The van der Waals surface area contributed by atoms with Crippen LogP contribution in [0, 0.1) is 11.3 Å². The van der Waals surface area contributed by atoms with Gasteiger partial charge in [-0.1, -0.05) is 12.1 Å². The smallest absolute Gasteiger partial charge is 0.180 e. The molecule has 0 unspecified atom stereocenters. The number of fused-ring (bicyclic) bond motifs is 1. The maximum Gasteiger partial charge on any atom is 0.180 e. The molecule has 1 aromatic carbocycles. The number of hydrogen-bond donors (Lipinski definition) is 1. The summed E-state index contributed by atoms with van der Waals surface area (Å²) in [5.41, 5.74) is 3.06. The van der Waals surface area contributed by atoms with Crippen LogP contribution in [0.3, 0.4) is 0 Å². The van der Waals surface area contributed by atoms with E-state index in [0.717, 1.165) is 22.7 Å². The van der Waals surface area contributed by atoms with Crippen molar-refractivity contribution in [1.29, 1.82) is 5.26 Å². The van der Waals surface area contributed by atoms with E-state index in [4.69, 9.17) is 5.26 Å². The van der Waals surface area contributed by atoms with Gasteiger partial charge in [0.2, 0.25) is 0 Å². The molecular formula is C15H13N5. The third kappa shape index (κ3) is 2.08. The van der Waals surface area contributed by atoms with E-state index in [1.807, 2.05) is 49.3 Å². The molecular weight excluding hydrogens is 250 g/mol. The Bertz CT molecular complexity index is 810. The maximum absolute atomic E-state index is 8.95. The van der Waals surface area contributed by atoms with E-state index < -0.39 is 0 Å². The first kappa shape index (κ1) is 12.2. The second kappa shape index (κ2) is 4.67. The van der Waals surface area contributed by atoms with Crippen molar-refractivity contribution in [3.8, 4) is 17.5 Å². The predicted molar refractivity (Wildman–Crippen MR) is 78.4 cm³/mol. The van der Waals surface area contributed by atoms with Gasteiger partial charge in [0.05, 0.1) is 17.1 Å². The Balaban J connectivity index is 2.10. The number of pyridine rings is 1. The summed E-state index contributed by atoms with van der Waals surface area (Å²) in [6.07, 6.45) is 0. The Hall–Kier alpha value is -2.87. The third-order valence-corrected chi connectivity index (χ3v) is 3.05. The minimum Gasteiger partial charge on any atom is -0.363 e. The van der Waals surface area contributed by atoms with E-state index in [2.05, 4.69) is 21.0 Å². The number of benzene rings is 1. The average molecular weight is 263 g/mol. The van der Waals surface area contributed by atoms with Gasteiger partial charge in [-0.25, -0.2) is 9.97 Å². The minimum absolute atomic E-state index is 0.616. The molecule has 98 valence electrons. The van der Waals surface area contributed by atoms with E-state index in [1.165, 1.54) is 0 Å². The summed E-state index contributed by atoms with van der Waals surface area (Å²) in [6, 6.07) is 13.4. The lowest BCUT2D eigenvalue weighted by atomic mass is 10.1. The Morgan fingerprint density at radius 1 is 1.15 bits per heavy atom. The van der Waals surface area contributed by atoms with E-state index in [9.17, 15) is 0 Å². The van der Waals surface area contributed by atoms with Gasteiger partial charge in [-0.3, -0.25) is 0 Å². The Labute approximate surface area is 116 Å². The van der Waals surface area contributed by atoms with Crippen molar-refractivity contribution in [2.75, 3.05) is 19.0 Å². The minimum atomic E-state index is 0.616. The first-order valence-electron chi connectivity index (χ1n) is 6.22. The normalized spacial score (nSPS) is 10.4.